The molecule has 3 atom stereocenters. The number of nitrogens with one attached hydrogen (secondary N) is 1. The Labute approximate surface area is 307 Å². The molecule has 0 bridgehead atoms. The van der Waals surface area contributed by atoms with Gasteiger partial charge < -0.3 is 28.8 Å². The lowest BCUT2D eigenvalue weighted by molar-refractivity contribution is -0.870. The van der Waals surface area contributed by atoms with Gasteiger partial charge in [-0.1, -0.05) is 139 Å². The molecule has 0 saturated heterocycles. The van der Waals surface area contributed by atoms with Crippen molar-refractivity contribution >= 4 is 13.7 Å². The maximum atomic E-state index is 12.8. The van der Waals surface area contributed by atoms with Crippen molar-refractivity contribution in [3.05, 3.63) is 60.8 Å². The minimum atomic E-state index is -4.59. The van der Waals surface area contributed by atoms with E-state index < -0.39 is 26.6 Å². The summed E-state index contributed by atoms with van der Waals surface area (Å²) in [6.07, 6.45) is 41.2. The smallest absolute Gasteiger partial charge is 0.268 e. The average molecular weight is 723 g/mol. The molecule has 290 valence electrons. The number of aliphatic hydroxyl groups excluding tert-OH is 1. The Morgan fingerprint density at radius 1 is 0.720 bits per heavy atom. The summed E-state index contributed by atoms with van der Waals surface area (Å²) in [5, 5.41) is 13.7. The van der Waals surface area contributed by atoms with Gasteiger partial charge in [0.2, 0.25) is 5.91 Å². The fourth-order valence-corrected chi connectivity index (χ4v) is 5.80. The molecule has 0 aromatic carbocycles. The molecule has 0 aromatic heterocycles. The Bertz CT molecular complexity index is 1000. The van der Waals surface area contributed by atoms with E-state index in [2.05, 4.69) is 67.8 Å². The first-order chi connectivity index (χ1) is 24.0. The van der Waals surface area contributed by atoms with Crippen molar-refractivity contribution in [3.63, 3.8) is 0 Å². The lowest BCUT2D eigenvalue weighted by Gasteiger charge is -2.29. The maximum Gasteiger partial charge on any atom is 0.268 e. The summed E-state index contributed by atoms with van der Waals surface area (Å²) in [5.41, 5.74) is 0. The van der Waals surface area contributed by atoms with Crippen LogP contribution in [0.3, 0.4) is 0 Å². The van der Waals surface area contributed by atoms with E-state index in [9.17, 15) is 19.4 Å². The van der Waals surface area contributed by atoms with Gasteiger partial charge in [-0.2, -0.15) is 0 Å². The van der Waals surface area contributed by atoms with E-state index in [4.69, 9.17) is 9.05 Å². The van der Waals surface area contributed by atoms with Crippen molar-refractivity contribution in [2.45, 2.75) is 154 Å². The highest BCUT2D eigenvalue weighted by molar-refractivity contribution is 7.45. The minimum Gasteiger partial charge on any atom is -0.756 e. The zero-order chi connectivity index (χ0) is 37.2. The summed E-state index contributed by atoms with van der Waals surface area (Å²) in [5.74, 6) is -0.226. The van der Waals surface area contributed by atoms with Crippen LogP contribution < -0.4 is 10.2 Å². The predicted molar refractivity (Wildman–Crippen MR) is 210 cm³/mol. The number of carbonyl (C=O) groups excluding carboxylic acids is 1. The van der Waals surface area contributed by atoms with Gasteiger partial charge in [0.1, 0.15) is 13.2 Å². The average Bonchev–Trinajstić information content (AvgIpc) is 3.06. The van der Waals surface area contributed by atoms with Crippen LogP contribution in [0.25, 0.3) is 0 Å². The summed E-state index contributed by atoms with van der Waals surface area (Å²) in [7, 11) is 1.23. The van der Waals surface area contributed by atoms with Gasteiger partial charge in [0.15, 0.2) is 0 Å². The third kappa shape index (κ3) is 34.6. The summed E-state index contributed by atoms with van der Waals surface area (Å²) < 4.78 is 23.1. The van der Waals surface area contributed by atoms with Gasteiger partial charge in [-0.15, -0.1) is 0 Å². The Morgan fingerprint density at radius 2 is 1.22 bits per heavy atom. The number of allylic oxidation sites excluding steroid dienone is 9. The van der Waals surface area contributed by atoms with Gasteiger partial charge in [-0.25, -0.2) is 0 Å². The number of hydrogen-bond acceptors (Lipinski definition) is 6. The first kappa shape index (κ1) is 48.2. The van der Waals surface area contributed by atoms with Crippen LogP contribution in [0.2, 0.25) is 0 Å². The molecule has 2 N–H and O–H groups in total. The van der Waals surface area contributed by atoms with E-state index in [1.165, 1.54) is 44.9 Å². The fraction of sp³-hybridized carbons (Fsp3) is 0.732. The summed E-state index contributed by atoms with van der Waals surface area (Å²) in [4.78, 5) is 25.2. The lowest BCUT2D eigenvalue weighted by Crippen LogP contribution is -2.45. The van der Waals surface area contributed by atoms with Crippen LogP contribution in [0.4, 0.5) is 0 Å². The van der Waals surface area contributed by atoms with E-state index >= 15 is 0 Å². The number of aliphatic hydroxyl groups is 1. The molecule has 8 nitrogen and oxygen atoms in total. The normalized spacial score (nSPS) is 15.3. The number of amides is 1. The monoisotopic (exact) mass is 723 g/mol. The molecule has 0 aliphatic rings. The number of unbranched alkanes of at least 4 members (excludes halogenated alkanes) is 13. The number of nitrogens with zero attached hydrogens (tertiary/aromatic N) is 1. The molecule has 0 rings (SSSR count). The summed E-state index contributed by atoms with van der Waals surface area (Å²) in [6.45, 7) is 4.46. The topological polar surface area (TPSA) is 108 Å². The first-order valence-corrected chi connectivity index (χ1v) is 21.1. The van der Waals surface area contributed by atoms with Crippen LogP contribution in [-0.4, -0.2) is 68.5 Å². The molecule has 0 aromatic rings. The Balaban J connectivity index is 4.55. The molecule has 9 heteroatoms. The molecule has 3 unspecified atom stereocenters. The molecule has 0 fully saturated rings. The van der Waals surface area contributed by atoms with Crippen LogP contribution in [0, 0.1) is 0 Å². The first-order valence-electron chi connectivity index (χ1n) is 19.7. The van der Waals surface area contributed by atoms with E-state index in [0.29, 0.717) is 17.4 Å². The standard InChI is InChI=1S/C41H75N2O6P/c1-6-8-10-12-14-16-18-19-20-21-22-23-25-27-29-31-33-35-41(45)42-39(38-49-50(46,47)48-37-36-43(3,4)5)40(44)34-32-30-28-26-24-17-15-13-11-9-7-2/h8,10,14,16,19-20,22-23,32,34,39-40,44H,6-7,9,11-13,15,17-18,21,24-31,33,35-38H2,1-5H3,(H-,42,45,46,47)/b10-8-,16-14-,20-19-,23-22-,34-32+. The Kier molecular flexibility index (Phi) is 31.9. The predicted octanol–water partition coefficient (Wildman–Crippen LogP) is 9.66. The second kappa shape index (κ2) is 33.1. The SMILES string of the molecule is CC/C=C\C/C=C\C/C=C\C/C=C\CCCCCCC(=O)NC(COP(=O)([O-])OCC[N+](C)(C)C)C(O)/C=C/CCCCCCCCCCC. The zero-order valence-electron chi connectivity index (χ0n) is 32.6. The maximum absolute atomic E-state index is 12.8. The number of likely N-dealkylation sites (N-methyl/N-ethyl adjacent to an activating group) is 1. The van der Waals surface area contributed by atoms with Crippen molar-refractivity contribution in [1.29, 1.82) is 0 Å². The summed E-state index contributed by atoms with van der Waals surface area (Å²) >= 11 is 0. The summed E-state index contributed by atoms with van der Waals surface area (Å²) in [6, 6.07) is -0.899. The van der Waals surface area contributed by atoms with Gasteiger partial charge in [-0.3, -0.25) is 9.36 Å². The van der Waals surface area contributed by atoms with Crippen LogP contribution in [0.1, 0.15) is 142 Å². The van der Waals surface area contributed by atoms with Gasteiger partial charge in [-0.05, 0) is 57.8 Å². The van der Waals surface area contributed by atoms with Gasteiger partial charge in [0, 0.05) is 6.42 Å². The molecule has 0 radical (unpaired) electrons. The highest BCUT2D eigenvalue weighted by Gasteiger charge is 2.23. The van der Waals surface area contributed by atoms with Crippen LogP contribution in [0.15, 0.2) is 60.8 Å². The molecular formula is C41H75N2O6P. The molecule has 1 amide bonds. The van der Waals surface area contributed by atoms with Gasteiger partial charge >= 0.3 is 0 Å². The van der Waals surface area contributed by atoms with E-state index in [1.807, 2.05) is 27.2 Å². The minimum absolute atomic E-state index is 0.00914. The number of phosphoric ester groups is 1. The lowest BCUT2D eigenvalue weighted by atomic mass is 10.1. The molecule has 0 aliphatic heterocycles. The highest BCUT2D eigenvalue weighted by Crippen LogP contribution is 2.38. The molecule has 0 spiro atoms. The van der Waals surface area contributed by atoms with Crippen molar-refractivity contribution in [2.24, 2.45) is 0 Å². The second-order valence-corrected chi connectivity index (χ2v) is 15.7. The number of carbonyl (C=O) groups is 1. The van der Waals surface area contributed by atoms with Crippen molar-refractivity contribution in [1.82, 2.24) is 5.32 Å². The van der Waals surface area contributed by atoms with Crippen LogP contribution >= 0.6 is 7.82 Å². The zero-order valence-corrected chi connectivity index (χ0v) is 33.5. The molecular weight excluding hydrogens is 647 g/mol. The van der Waals surface area contributed by atoms with Gasteiger partial charge in [0.25, 0.3) is 7.82 Å². The van der Waals surface area contributed by atoms with E-state index in [0.717, 1.165) is 77.0 Å². The third-order valence-electron chi connectivity index (χ3n) is 8.23. The molecule has 0 aliphatic carbocycles. The number of phosphoric acid groups is 1. The van der Waals surface area contributed by atoms with Crippen molar-refractivity contribution in [2.75, 3.05) is 40.9 Å². The van der Waals surface area contributed by atoms with Crippen LogP contribution in [-0.2, 0) is 18.4 Å². The fourth-order valence-electron chi connectivity index (χ4n) is 5.08. The largest absolute Gasteiger partial charge is 0.756 e. The second-order valence-electron chi connectivity index (χ2n) is 14.3. The molecule has 0 saturated carbocycles. The van der Waals surface area contributed by atoms with E-state index in [1.54, 1.807) is 6.08 Å². The molecule has 50 heavy (non-hydrogen) atoms. The van der Waals surface area contributed by atoms with Crippen LogP contribution in [0.5, 0.6) is 0 Å². The highest BCUT2D eigenvalue weighted by atomic mass is 31.2. The van der Waals surface area contributed by atoms with Crippen molar-refractivity contribution < 1.29 is 32.9 Å². The third-order valence-corrected chi connectivity index (χ3v) is 9.20. The number of hydrogen-bond donors (Lipinski definition) is 2. The number of rotatable bonds is 34. The van der Waals surface area contributed by atoms with E-state index in [-0.39, 0.29) is 12.5 Å². The molecule has 0 heterocycles. The van der Waals surface area contributed by atoms with Gasteiger partial charge in [0.05, 0.1) is 39.9 Å². The van der Waals surface area contributed by atoms with Crippen molar-refractivity contribution in [3.8, 4) is 0 Å². The quantitative estimate of drug-likeness (QED) is 0.0297. The Hall–Kier alpha value is -1.80. The number of quaternary nitrogens is 1. The Morgan fingerprint density at radius 3 is 1.78 bits per heavy atom.